The van der Waals surface area contributed by atoms with Crippen molar-refractivity contribution in [1.29, 1.82) is 0 Å². The van der Waals surface area contributed by atoms with Crippen molar-refractivity contribution < 1.29 is 27.1 Å². The zero-order valence-corrected chi connectivity index (χ0v) is 18.4. The van der Waals surface area contributed by atoms with Crippen LogP contribution in [-0.4, -0.2) is 26.3 Å². The Morgan fingerprint density at radius 3 is 2.33 bits per heavy atom. The van der Waals surface area contributed by atoms with Crippen LogP contribution in [0, 0.1) is 5.82 Å². The monoisotopic (exact) mass is 471 g/mol. The fourth-order valence-electron chi connectivity index (χ4n) is 2.73. The molecule has 172 valence electrons. The second-order valence-corrected chi connectivity index (χ2v) is 8.76. The lowest BCUT2D eigenvalue weighted by Gasteiger charge is -2.15. The Labute approximate surface area is 190 Å². The Bertz CT molecular complexity index is 1220. The minimum absolute atomic E-state index is 0.0324. The van der Waals surface area contributed by atoms with Crippen molar-refractivity contribution in [3.63, 3.8) is 0 Å². The molecule has 3 aromatic carbocycles. The van der Waals surface area contributed by atoms with Crippen LogP contribution in [0.2, 0.25) is 0 Å². The first-order valence-corrected chi connectivity index (χ1v) is 11.4. The Balaban J connectivity index is 1.57. The number of amides is 2. The number of nitrogens with one attached hydrogen (secondary N) is 3. The summed E-state index contributed by atoms with van der Waals surface area (Å²) in [4.78, 5) is 24.5. The van der Waals surface area contributed by atoms with E-state index >= 15 is 0 Å². The van der Waals surface area contributed by atoms with E-state index in [1.54, 1.807) is 24.3 Å². The molecule has 0 fully saturated rings. The molecule has 3 rings (SSSR count). The normalized spacial score (nSPS) is 11.9. The van der Waals surface area contributed by atoms with E-state index in [1.807, 2.05) is 6.07 Å². The summed E-state index contributed by atoms with van der Waals surface area (Å²) in [6.45, 7) is 1.55. The predicted molar refractivity (Wildman–Crippen MR) is 119 cm³/mol. The minimum atomic E-state index is -3.86. The molecule has 0 aliphatic carbocycles. The largest absolute Gasteiger partial charge is 0.481 e. The lowest BCUT2D eigenvalue weighted by molar-refractivity contribution is -0.128. The van der Waals surface area contributed by atoms with Gasteiger partial charge in [0.15, 0.2) is 6.10 Å². The van der Waals surface area contributed by atoms with Gasteiger partial charge in [-0.2, -0.15) is 0 Å². The van der Waals surface area contributed by atoms with Gasteiger partial charge in [-0.25, -0.2) is 17.5 Å². The zero-order chi connectivity index (χ0) is 23.8. The Hall–Kier alpha value is -3.76. The number of ether oxygens (including phenoxy) is 1. The summed E-state index contributed by atoms with van der Waals surface area (Å²) in [6.07, 6.45) is -0.982. The highest BCUT2D eigenvalue weighted by atomic mass is 32.2. The van der Waals surface area contributed by atoms with E-state index in [1.165, 1.54) is 55.5 Å². The quantitative estimate of drug-likeness (QED) is 0.437. The van der Waals surface area contributed by atoms with Gasteiger partial charge in [0.2, 0.25) is 10.0 Å². The van der Waals surface area contributed by atoms with Crippen molar-refractivity contribution in [1.82, 2.24) is 15.6 Å². The highest BCUT2D eigenvalue weighted by Gasteiger charge is 2.18. The van der Waals surface area contributed by atoms with Crippen LogP contribution < -0.4 is 20.3 Å². The molecule has 0 radical (unpaired) electrons. The van der Waals surface area contributed by atoms with Gasteiger partial charge in [0.1, 0.15) is 11.6 Å². The highest BCUT2D eigenvalue weighted by Crippen LogP contribution is 2.14. The number of benzene rings is 3. The molecule has 8 nitrogen and oxygen atoms in total. The van der Waals surface area contributed by atoms with Gasteiger partial charge in [0.05, 0.1) is 4.90 Å². The van der Waals surface area contributed by atoms with Crippen LogP contribution >= 0.6 is 0 Å². The molecule has 1 atom stereocenters. The van der Waals surface area contributed by atoms with Crippen molar-refractivity contribution in [2.45, 2.75) is 24.5 Å². The number of rotatable bonds is 8. The molecule has 0 aliphatic heterocycles. The summed E-state index contributed by atoms with van der Waals surface area (Å²) < 4.78 is 46.0. The van der Waals surface area contributed by atoms with Crippen LogP contribution in [0.4, 0.5) is 4.39 Å². The molecule has 0 aromatic heterocycles. The SMILES string of the molecule is CC(Oc1ccc(F)cc1)C(=O)NNC(=O)c1cccc(S(=O)(=O)NCc2ccccc2)c1. The number of carbonyl (C=O) groups excluding carboxylic acids is 2. The number of carbonyl (C=O) groups is 2. The van der Waals surface area contributed by atoms with Crippen molar-refractivity contribution in [3.8, 4) is 5.75 Å². The third-order valence-corrected chi connectivity index (χ3v) is 5.91. The summed E-state index contributed by atoms with van der Waals surface area (Å²) in [5.74, 6) is -1.52. The van der Waals surface area contributed by atoms with Gasteiger partial charge in [-0.3, -0.25) is 20.4 Å². The smallest absolute Gasteiger partial charge is 0.279 e. The van der Waals surface area contributed by atoms with E-state index in [9.17, 15) is 22.4 Å². The number of halogens is 1. The molecule has 0 spiro atoms. The highest BCUT2D eigenvalue weighted by molar-refractivity contribution is 7.89. The summed E-state index contributed by atoms with van der Waals surface area (Å²) in [6, 6.07) is 19.5. The van der Waals surface area contributed by atoms with E-state index in [4.69, 9.17) is 4.74 Å². The molecule has 0 saturated heterocycles. The van der Waals surface area contributed by atoms with E-state index in [0.717, 1.165) is 5.56 Å². The number of hydrazine groups is 1. The molecule has 0 aliphatic rings. The van der Waals surface area contributed by atoms with E-state index in [2.05, 4.69) is 15.6 Å². The first-order chi connectivity index (χ1) is 15.7. The third-order valence-electron chi connectivity index (χ3n) is 4.51. The van der Waals surface area contributed by atoms with Gasteiger partial charge in [-0.05, 0) is 55.0 Å². The molecule has 0 bridgehead atoms. The molecule has 2 amide bonds. The number of hydrogen-bond donors (Lipinski definition) is 3. The predicted octanol–water partition coefficient (Wildman–Crippen LogP) is 2.53. The molecule has 3 aromatic rings. The van der Waals surface area contributed by atoms with Crippen molar-refractivity contribution in [2.24, 2.45) is 0 Å². The van der Waals surface area contributed by atoms with Gasteiger partial charge < -0.3 is 4.74 Å². The van der Waals surface area contributed by atoms with Crippen LogP contribution in [0.3, 0.4) is 0 Å². The Morgan fingerprint density at radius 1 is 0.939 bits per heavy atom. The molecule has 1 unspecified atom stereocenters. The molecule has 33 heavy (non-hydrogen) atoms. The second-order valence-electron chi connectivity index (χ2n) is 7.00. The standard InChI is InChI=1S/C23H22FN3O5S/c1-16(32-20-12-10-19(24)11-13-20)22(28)26-27-23(29)18-8-5-9-21(14-18)33(30,31)25-15-17-6-3-2-4-7-17/h2-14,16,25H,15H2,1H3,(H,26,28)(H,27,29). The fourth-order valence-corrected chi connectivity index (χ4v) is 3.79. The topological polar surface area (TPSA) is 114 Å². The lowest BCUT2D eigenvalue weighted by atomic mass is 10.2. The summed E-state index contributed by atoms with van der Waals surface area (Å²) in [5.41, 5.74) is 5.25. The fraction of sp³-hybridized carbons (Fsp3) is 0.130. The maximum Gasteiger partial charge on any atom is 0.279 e. The first kappa shape index (κ1) is 23.9. The van der Waals surface area contributed by atoms with Crippen LogP contribution in [-0.2, 0) is 21.4 Å². The summed E-state index contributed by atoms with van der Waals surface area (Å²) in [5, 5.41) is 0. The maximum absolute atomic E-state index is 13.0. The second kappa shape index (κ2) is 10.7. The molecule has 10 heteroatoms. The summed E-state index contributed by atoms with van der Waals surface area (Å²) >= 11 is 0. The van der Waals surface area contributed by atoms with Crippen molar-refractivity contribution in [3.05, 3.63) is 95.8 Å². The molecule has 0 heterocycles. The van der Waals surface area contributed by atoms with Crippen molar-refractivity contribution in [2.75, 3.05) is 0 Å². The van der Waals surface area contributed by atoms with Crippen molar-refractivity contribution >= 4 is 21.8 Å². The average molecular weight is 472 g/mol. The van der Waals surface area contributed by atoms with Crippen LogP contribution in [0.15, 0.2) is 83.8 Å². The third kappa shape index (κ3) is 6.86. The van der Waals surface area contributed by atoms with Crippen LogP contribution in [0.5, 0.6) is 5.75 Å². The van der Waals surface area contributed by atoms with Gasteiger partial charge in [-0.15, -0.1) is 0 Å². The van der Waals surface area contributed by atoms with Crippen LogP contribution in [0.1, 0.15) is 22.8 Å². The lowest BCUT2D eigenvalue weighted by Crippen LogP contribution is -2.47. The van der Waals surface area contributed by atoms with E-state index < -0.39 is 33.8 Å². The molecular formula is C23H22FN3O5S. The van der Waals surface area contributed by atoms with Gasteiger partial charge in [0, 0.05) is 12.1 Å². The maximum atomic E-state index is 13.0. The number of hydrogen-bond acceptors (Lipinski definition) is 5. The first-order valence-electron chi connectivity index (χ1n) is 9.91. The Morgan fingerprint density at radius 2 is 1.64 bits per heavy atom. The Kier molecular flexibility index (Phi) is 7.75. The summed E-state index contributed by atoms with van der Waals surface area (Å²) in [7, 11) is -3.86. The average Bonchev–Trinajstić information content (AvgIpc) is 2.83. The molecule has 0 saturated carbocycles. The minimum Gasteiger partial charge on any atom is -0.481 e. The number of sulfonamides is 1. The van der Waals surface area contributed by atoms with Gasteiger partial charge >= 0.3 is 0 Å². The van der Waals surface area contributed by atoms with Crippen LogP contribution in [0.25, 0.3) is 0 Å². The van der Waals surface area contributed by atoms with E-state index in [-0.39, 0.29) is 22.8 Å². The molecule has 3 N–H and O–H groups in total. The van der Waals surface area contributed by atoms with Gasteiger partial charge in [-0.1, -0.05) is 36.4 Å². The zero-order valence-electron chi connectivity index (χ0n) is 17.6. The van der Waals surface area contributed by atoms with E-state index in [0.29, 0.717) is 0 Å². The molecular weight excluding hydrogens is 449 g/mol. The van der Waals surface area contributed by atoms with Gasteiger partial charge in [0.25, 0.3) is 11.8 Å².